The first kappa shape index (κ1) is 12.6. The van der Waals surface area contributed by atoms with Gasteiger partial charge in [-0.05, 0) is 31.5 Å². The number of nitrogens with one attached hydrogen (secondary N) is 1. The minimum Gasteiger partial charge on any atom is -0.399 e. The Morgan fingerprint density at radius 2 is 2.17 bits per heavy atom. The number of hydrogen-bond acceptors (Lipinski definition) is 4. The van der Waals surface area contributed by atoms with Gasteiger partial charge in [0.15, 0.2) is 0 Å². The molecule has 0 spiro atoms. The van der Waals surface area contributed by atoms with Crippen LogP contribution in [0.2, 0.25) is 0 Å². The smallest absolute Gasteiger partial charge is 0.137 e. The van der Waals surface area contributed by atoms with Gasteiger partial charge in [0.05, 0.1) is 5.52 Å². The third-order valence-electron chi connectivity index (χ3n) is 3.03. The monoisotopic (exact) mass is 244 g/mol. The molecule has 96 valence electrons. The topological polar surface area (TPSA) is 63.8 Å². The maximum Gasteiger partial charge on any atom is 0.137 e. The van der Waals surface area contributed by atoms with E-state index in [0.29, 0.717) is 6.04 Å². The highest BCUT2D eigenvalue weighted by molar-refractivity contribution is 5.91. The van der Waals surface area contributed by atoms with Crippen LogP contribution in [0.25, 0.3) is 10.9 Å². The van der Waals surface area contributed by atoms with E-state index in [4.69, 9.17) is 5.73 Å². The van der Waals surface area contributed by atoms with E-state index >= 15 is 0 Å². The molecule has 4 nitrogen and oxygen atoms in total. The zero-order valence-electron chi connectivity index (χ0n) is 11.0. The molecule has 0 radical (unpaired) electrons. The standard InChI is InChI=1S/C14H20N4/c1-3-4-5-10(2)18-14-12-8-11(15)6-7-13(12)16-9-17-14/h6-10H,3-5,15H2,1-2H3,(H,16,17,18). The normalized spacial score (nSPS) is 12.6. The molecule has 0 saturated heterocycles. The highest BCUT2D eigenvalue weighted by Crippen LogP contribution is 2.22. The lowest BCUT2D eigenvalue weighted by atomic mass is 10.1. The maximum absolute atomic E-state index is 5.82. The molecule has 0 amide bonds. The summed E-state index contributed by atoms with van der Waals surface area (Å²) in [6.45, 7) is 4.38. The van der Waals surface area contributed by atoms with E-state index in [1.807, 2.05) is 18.2 Å². The average molecular weight is 244 g/mol. The fourth-order valence-corrected chi connectivity index (χ4v) is 2.01. The largest absolute Gasteiger partial charge is 0.399 e. The van der Waals surface area contributed by atoms with Crippen LogP contribution in [0.3, 0.4) is 0 Å². The van der Waals surface area contributed by atoms with Crippen molar-refractivity contribution < 1.29 is 0 Å². The summed E-state index contributed by atoms with van der Waals surface area (Å²) in [4.78, 5) is 8.56. The van der Waals surface area contributed by atoms with Crippen molar-refractivity contribution in [2.45, 2.75) is 39.2 Å². The van der Waals surface area contributed by atoms with E-state index in [9.17, 15) is 0 Å². The molecule has 2 rings (SSSR count). The second kappa shape index (κ2) is 5.67. The van der Waals surface area contributed by atoms with Gasteiger partial charge in [0.25, 0.3) is 0 Å². The SMILES string of the molecule is CCCCC(C)Nc1ncnc2ccc(N)cc12. The number of aromatic nitrogens is 2. The Labute approximate surface area is 108 Å². The van der Waals surface area contributed by atoms with E-state index in [1.54, 1.807) is 6.33 Å². The van der Waals surface area contributed by atoms with Crippen LogP contribution >= 0.6 is 0 Å². The molecular formula is C14H20N4. The maximum atomic E-state index is 5.82. The quantitative estimate of drug-likeness (QED) is 0.793. The lowest BCUT2D eigenvalue weighted by Crippen LogP contribution is -2.16. The summed E-state index contributed by atoms with van der Waals surface area (Å²) < 4.78 is 0. The lowest BCUT2D eigenvalue weighted by molar-refractivity contribution is 0.643. The predicted octanol–water partition coefficient (Wildman–Crippen LogP) is 3.20. The van der Waals surface area contributed by atoms with Gasteiger partial charge in [-0.1, -0.05) is 19.8 Å². The van der Waals surface area contributed by atoms with Gasteiger partial charge in [0.1, 0.15) is 12.1 Å². The number of benzene rings is 1. The number of nitrogens with two attached hydrogens (primary N) is 1. The van der Waals surface area contributed by atoms with Gasteiger partial charge in [-0.15, -0.1) is 0 Å². The molecule has 0 saturated carbocycles. The summed E-state index contributed by atoms with van der Waals surface area (Å²) in [7, 11) is 0. The molecular weight excluding hydrogens is 224 g/mol. The molecule has 0 fully saturated rings. The summed E-state index contributed by atoms with van der Waals surface area (Å²) in [5.74, 6) is 0.871. The molecule has 0 aliphatic carbocycles. The van der Waals surface area contributed by atoms with Gasteiger partial charge in [0, 0.05) is 17.1 Å². The zero-order valence-corrected chi connectivity index (χ0v) is 11.0. The lowest BCUT2D eigenvalue weighted by Gasteiger charge is -2.15. The van der Waals surface area contributed by atoms with Crippen molar-refractivity contribution >= 4 is 22.4 Å². The summed E-state index contributed by atoms with van der Waals surface area (Å²) in [5.41, 5.74) is 7.48. The summed E-state index contributed by atoms with van der Waals surface area (Å²) in [5, 5.41) is 4.43. The number of rotatable bonds is 5. The van der Waals surface area contributed by atoms with Crippen molar-refractivity contribution in [2.24, 2.45) is 0 Å². The minimum atomic E-state index is 0.407. The van der Waals surface area contributed by atoms with Crippen LogP contribution in [-0.4, -0.2) is 16.0 Å². The van der Waals surface area contributed by atoms with Crippen LogP contribution in [0.15, 0.2) is 24.5 Å². The first-order valence-corrected chi connectivity index (χ1v) is 6.47. The van der Waals surface area contributed by atoms with Crippen molar-refractivity contribution in [1.29, 1.82) is 0 Å². The van der Waals surface area contributed by atoms with Gasteiger partial charge in [-0.25, -0.2) is 9.97 Å². The molecule has 1 aromatic heterocycles. The molecule has 0 aliphatic rings. The third-order valence-corrected chi connectivity index (χ3v) is 3.03. The molecule has 4 heteroatoms. The molecule has 18 heavy (non-hydrogen) atoms. The first-order valence-electron chi connectivity index (χ1n) is 6.47. The highest BCUT2D eigenvalue weighted by atomic mass is 15.0. The molecule has 0 bridgehead atoms. The second-order valence-corrected chi connectivity index (χ2v) is 4.69. The van der Waals surface area contributed by atoms with Crippen LogP contribution in [0, 0.1) is 0 Å². The van der Waals surface area contributed by atoms with Gasteiger partial charge in [-0.2, -0.15) is 0 Å². The Morgan fingerprint density at radius 3 is 2.94 bits per heavy atom. The molecule has 1 heterocycles. The Kier molecular flexibility index (Phi) is 3.97. The molecule has 1 unspecified atom stereocenters. The summed E-state index contributed by atoms with van der Waals surface area (Å²) in [6.07, 6.45) is 5.17. The Bertz CT molecular complexity index is 524. The van der Waals surface area contributed by atoms with Crippen LogP contribution in [0.4, 0.5) is 11.5 Å². The van der Waals surface area contributed by atoms with E-state index in [2.05, 4.69) is 29.1 Å². The van der Waals surface area contributed by atoms with E-state index in [-0.39, 0.29) is 0 Å². The number of nitrogen functional groups attached to an aromatic ring is 1. The van der Waals surface area contributed by atoms with Crippen LogP contribution in [0.1, 0.15) is 33.1 Å². The third kappa shape index (κ3) is 2.88. The van der Waals surface area contributed by atoms with Gasteiger partial charge in [-0.3, -0.25) is 0 Å². The summed E-state index contributed by atoms with van der Waals surface area (Å²) >= 11 is 0. The Balaban J connectivity index is 2.24. The molecule has 2 aromatic rings. The summed E-state index contributed by atoms with van der Waals surface area (Å²) in [6, 6.07) is 6.11. The minimum absolute atomic E-state index is 0.407. The molecule has 3 N–H and O–H groups in total. The number of anilines is 2. The molecule has 0 aliphatic heterocycles. The number of hydrogen-bond donors (Lipinski definition) is 2. The van der Waals surface area contributed by atoms with E-state index in [1.165, 1.54) is 12.8 Å². The number of unbranched alkanes of at least 4 members (excludes halogenated alkanes) is 1. The van der Waals surface area contributed by atoms with Crippen molar-refractivity contribution in [1.82, 2.24) is 9.97 Å². The Hall–Kier alpha value is -1.84. The van der Waals surface area contributed by atoms with Crippen molar-refractivity contribution in [3.05, 3.63) is 24.5 Å². The van der Waals surface area contributed by atoms with Gasteiger partial charge in [0.2, 0.25) is 0 Å². The second-order valence-electron chi connectivity index (χ2n) is 4.69. The van der Waals surface area contributed by atoms with E-state index in [0.717, 1.165) is 28.8 Å². The van der Waals surface area contributed by atoms with Crippen molar-refractivity contribution in [3.63, 3.8) is 0 Å². The molecule has 1 aromatic carbocycles. The molecule has 1 atom stereocenters. The predicted molar refractivity (Wildman–Crippen MR) is 76.6 cm³/mol. The average Bonchev–Trinajstić information content (AvgIpc) is 2.37. The van der Waals surface area contributed by atoms with Crippen molar-refractivity contribution in [3.8, 4) is 0 Å². The zero-order chi connectivity index (χ0) is 13.0. The Morgan fingerprint density at radius 1 is 1.33 bits per heavy atom. The van der Waals surface area contributed by atoms with E-state index < -0.39 is 0 Å². The van der Waals surface area contributed by atoms with Crippen LogP contribution in [0.5, 0.6) is 0 Å². The highest BCUT2D eigenvalue weighted by Gasteiger charge is 2.07. The fourth-order valence-electron chi connectivity index (χ4n) is 2.01. The number of fused-ring (bicyclic) bond motifs is 1. The fraction of sp³-hybridized carbons (Fsp3) is 0.429. The van der Waals surface area contributed by atoms with Gasteiger partial charge >= 0.3 is 0 Å². The van der Waals surface area contributed by atoms with Gasteiger partial charge < -0.3 is 11.1 Å². The van der Waals surface area contributed by atoms with Crippen molar-refractivity contribution in [2.75, 3.05) is 11.1 Å². The van der Waals surface area contributed by atoms with Crippen LogP contribution < -0.4 is 11.1 Å². The number of nitrogens with zero attached hydrogens (tertiary/aromatic N) is 2. The van der Waals surface area contributed by atoms with Crippen LogP contribution in [-0.2, 0) is 0 Å². The first-order chi connectivity index (χ1) is 8.70.